The van der Waals surface area contributed by atoms with Crippen LogP contribution in [0.4, 0.5) is 4.79 Å². The molecule has 2 N–H and O–H groups in total. The van der Waals surface area contributed by atoms with Crippen LogP contribution in [0.1, 0.15) is 38.2 Å². The Morgan fingerprint density at radius 1 is 1.42 bits per heavy atom. The van der Waals surface area contributed by atoms with E-state index in [1.807, 2.05) is 39.8 Å². The molecule has 5 heteroatoms. The van der Waals surface area contributed by atoms with E-state index < -0.39 is 5.60 Å². The molecular formula is C14H22N2O3. The molecule has 2 atom stereocenters. The second kappa shape index (κ2) is 5.25. The van der Waals surface area contributed by atoms with E-state index in [-0.39, 0.29) is 18.1 Å². The molecule has 5 nitrogen and oxygen atoms in total. The first kappa shape index (κ1) is 13.9. The maximum absolute atomic E-state index is 11.8. The van der Waals surface area contributed by atoms with E-state index in [1.165, 1.54) is 0 Å². The van der Waals surface area contributed by atoms with Gasteiger partial charge in [0.05, 0.1) is 12.0 Å². The molecule has 0 aliphatic carbocycles. The number of hydrogen-bond donors (Lipinski definition) is 2. The number of ether oxygens (including phenoxy) is 1. The quantitative estimate of drug-likeness (QED) is 0.861. The van der Waals surface area contributed by atoms with Gasteiger partial charge in [-0.15, -0.1) is 0 Å². The summed E-state index contributed by atoms with van der Waals surface area (Å²) in [5, 5.41) is 6.18. The van der Waals surface area contributed by atoms with Crippen LogP contribution in [0.5, 0.6) is 0 Å². The lowest BCUT2D eigenvalue weighted by Crippen LogP contribution is -2.42. The highest BCUT2D eigenvalue weighted by Crippen LogP contribution is 2.25. The average molecular weight is 266 g/mol. The van der Waals surface area contributed by atoms with Crippen molar-refractivity contribution in [2.75, 3.05) is 13.1 Å². The Morgan fingerprint density at radius 3 is 2.74 bits per heavy atom. The molecule has 0 radical (unpaired) electrons. The van der Waals surface area contributed by atoms with Crippen molar-refractivity contribution in [3.8, 4) is 0 Å². The largest absolute Gasteiger partial charge is 0.466 e. The molecule has 1 fully saturated rings. The highest BCUT2D eigenvalue weighted by molar-refractivity contribution is 5.68. The smallest absolute Gasteiger partial charge is 0.407 e. The van der Waals surface area contributed by atoms with Gasteiger partial charge in [0.25, 0.3) is 0 Å². The van der Waals surface area contributed by atoms with Gasteiger partial charge in [-0.25, -0.2) is 4.79 Å². The van der Waals surface area contributed by atoms with Crippen LogP contribution in [-0.4, -0.2) is 30.8 Å². The fraction of sp³-hybridized carbons (Fsp3) is 0.643. The summed E-state index contributed by atoms with van der Waals surface area (Å²) in [7, 11) is 0. The number of aryl methyl sites for hydroxylation is 1. The normalized spacial score (nSPS) is 23.4. The molecule has 0 bridgehead atoms. The molecule has 2 rings (SSSR count). The Kier molecular flexibility index (Phi) is 3.85. The van der Waals surface area contributed by atoms with Gasteiger partial charge >= 0.3 is 6.09 Å². The van der Waals surface area contributed by atoms with Gasteiger partial charge in [0.15, 0.2) is 0 Å². The van der Waals surface area contributed by atoms with E-state index in [1.54, 1.807) is 0 Å². The minimum atomic E-state index is -0.479. The first-order chi connectivity index (χ1) is 8.85. The third-order valence-corrected chi connectivity index (χ3v) is 3.04. The molecule has 2 heterocycles. The fourth-order valence-corrected chi connectivity index (χ4v) is 2.24. The summed E-state index contributed by atoms with van der Waals surface area (Å²) in [6.45, 7) is 9.01. The molecule has 1 amide bonds. The summed E-state index contributed by atoms with van der Waals surface area (Å²) >= 11 is 0. The van der Waals surface area contributed by atoms with Crippen molar-refractivity contribution in [2.45, 2.75) is 45.3 Å². The monoisotopic (exact) mass is 266 g/mol. The van der Waals surface area contributed by atoms with Crippen LogP contribution < -0.4 is 10.6 Å². The Hall–Kier alpha value is -1.49. The van der Waals surface area contributed by atoms with E-state index in [0.717, 1.165) is 24.6 Å². The Bertz CT molecular complexity index is 448. The predicted molar refractivity (Wildman–Crippen MR) is 72.2 cm³/mol. The molecule has 106 valence electrons. The van der Waals surface area contributed by atoms with Crippen LogP contribution in [0.3, 0.4) is 0 Å². The molecule has 0 aromatic carbocycles. The first-order valence-corrected chi connectivity index (χ1v) is 6.62. The van der Waals surface area contributed by atoms with Gasteiger partial charge < -0.3 is 19.8 Å². The summed E-state index contributed by atoms with van der Waals surface area (Å²) in [6, 6.07) is 3.91. The summed E-state index contributed by atoms with van der Waals surface area (Å²) in [6.07, 6.45) is -0.380. The topological polar surface area (TPSA) is 63.5 Å². The summed E-state index contributed by atoms with van der Waals surface area (Å²) in [4.78, 5) is 11.8. The van der Waals surface area contributed by atoms with Crippen molar-refractivity contribution in [2.24, 2.45) is 0 Å². The lowest BCUT2D eigenvalue weighted by molar-refractivity contribution is 0.0503. The van der Waals surface area contributed by atoms with Crippen molar-refractivity contribution in [1.29, 1.82) is 0 Å². The molecule has 0 saturated carbocycles. The van der Waals surface area contributed by atoms with Crippen molar-refractivity contribution in [1.82, 2.24) is 10.6 Å². The van der Waals surface area contributed by atoms with Gasteiger partial charge in [-0.2, -0.15) is 0 Å². The first-order valence-electron chi connectivity index (χ1n) is 6.62. The highest BCUT2D eigenvalue weighted by Gasteiger charge is 2.32. The van der Waals surface area contributed by atoms with Crippen LogP contribution >= 0.6 is 0 Å². The summed E-state index contributed by atoms with van der Waals surface area (Å²) < 4.78 is 10.9. The molecule has 0 spiro atoms. The molecule has 1 aromatic rings. The van der Waals surface area contributed by atoms with Crippen molar-refractivity contribution >= 4 is 6.09 Å². The van der Waals surface area contributed by atoms with E-state index in [4.69, 9.17) is 9.15 Å². The minimum absolute atomic E-state index is 0.000370. The molecule has 1 aromatic heterocycles. The number of alkyl carbamates (subject to hydrolysis) is 1. The Balaban J connectivity index is 1.98. The van der Waals surface area contributed by atoms with Crippen LogP contribution in [0, 0.1) is 6.92 Å². The number of hydrogen-bond acceptors (Lipinski definition) is 4. The summed E-state index contributed by atoms with van der Waals surface area (Å²) in [5.41, 5.74) is -0.479. The van der Waals surface area contributed by atoms with Gasteiger partial charge in [-0.1, -0.05) is 0 Å². The van der Waals surface area contributed by atoms with E-state index in [2.05, 4.69) is 10.6 Å². The second-order valence-electron chi connectivity index (χ2n) is 5.97. The van der Waals surface area contributed by atoms with Crippen molar-refractivity contribution < 1.29 is 13.9 Å². The number of furan rings is 1. The van der Waals surface area contributed by atoms with Crippen molar-refractivity contribution in [3.63, 3.8) is 0 Å². The number of rotatable bonds is 2. The van der Waals surface area contributed by atoms with Gasteiger partial charge in [-0.05, 0) is 39.8 Å². The summed E-state index contributed by atoms with van der Waals surface area (Å²) in [5.74, 6) is 1.95. The average Bonchev–Trinajstić information content (AvgIpc) is 2.83. The molecule has 1 aliphatic heterocycles. The number of nitrogens with one attached hydrogen (secondary N) is 2. The maximum atomic E-state index is 11.8. The number of amides is 1. The third-order valence-electron chi connectivity index (χ3n) is 3.04. The Labute approximate surface area is 113 Å². The van der Waals surface area contributed by atoms with Gasteiger partial charge in [0.2, 0.25) is 0 Å². The molecular weight excluding hydrogens is 244 g/mol. The maximum Gasteiger partial charge on any atom is 0.407 e. The second-order valence-corrected chi connectivity index (χ2v) is 5.97. The lowest BCUT2D eigenvalue weighted by Gasteiger charge is -2.23. The zero-order chi connectivity index (χ0) is 14.0. The van der Waals surface area contributed by atoms with E-state index >= 15 is 0 Å². The highest BCUT2D eigenvalue weighted by atomic mass is 16.6. The zero-order valence-corrected chi connectivity index (χ0v) is 11.9. The standard InChI is InChI=1S/C14H22N2O3/c1-9-5-6-12(18-9)10-7-15-8-11(10)16-13(17)19-14(2,3)4/h5-6,10-11,15H,7-8H2,1-4H3,(H,16,17)/t10-,11+/m1/s1. The third kappa shape index (κ3) is 3.73. The molecule has 1 saturated heterocycles. The van der Waals surface area contributed by atoms with Gasteiger partial charge in [0.1, 0.15) is 17.1 Å². The van der Waals surface area contributed by atoms with Crippen LogP contribution in [-0.2, 0) is 4.74 Å². The number of carbonyl (C=O) groups is 1. The van der Waals surface area contributed by atoms with Crippen LogP contribution in [0.15, 0.2) is 16.5 Å². The van der Waals surface area contributed by atoms with Crippen molar-refractivity contribution in [3.05, 3.63) is 23.7 Å². The van der Waals surface area contributed by atoms with Crippen LogP contribution in [0.25, 0.3) is 0 Å². The van der Waals surface area contributed by atoms with E-state index in [0.29, 0.717) is 0 Å². The predicted octanol–water partition coefficient (Wildman–Crippen LogP) is 2.17. The Morgan fingerprint density at radius 2 is 2.16 bits per heavy atom. The SMILES string of the molecule is Cc1ccc([C@@H]2CNC[C@@H]2NC(=O)OC(C)(C)C)o1. The molecule has 19 heavy (non-hydrogen) atoms. The lowest BCUT2D eigenvalue weighted by atomic mass is 10.0. The molecule has 1 aliphatic rings. The molecule has 0 unspecified atom stereocenters. The number of carbonyl (C=O) groups excluding carboxylic acids is 1. The fourth-order valence-electron chi connectivity index (χ4n) is 2.24. The van der Waals surface area contributed by atoms with Gasteiger partial charge in [0, 0.05) is 13.1 Å². The zero-order valence-electron chi connectivity index (χ0n) is 11.9. The minimum Gasteiger partial charge on any atom is -0.466 e. The van der Waals surface area contributed by atoms with E-state index in [9.17, 15) is 4.79 Å². The van der Waals surface area contributed by atoms with Gasteiger partial charge in [-0.3, -0.25) is 0 Å². The van der Waals surface area contributed by atoms with Crippen LogP contribution in [0.2, 0.25) is 0 Å².